The fraction of sp³-hybridized carbons (Fsp3) is 0.615. The Balaban J connectivity index is 2.47. The predicted molar refractivity (Wildman–Crippen MR) is 63.7 cm³/mol. The molecule has 4 unspecified atom stereocenters. The first-order valence-electron chi connectivity index (χ1n) is 6.07. The van der Waals surface area contributed by atoms with Crippen LogP contribution in [0.4, 0.5) is 0 Å². The Kier molecular flexibility index (Phi) is 3.45. The van der Waals surface area contributed by atoms with Gasteiger partial charge in [0.25, 0.3) is 0 Å². The first-order chi connectivity index (χ1) is 8.49. The van der Waals surface area contributed by atoms with Crippen molar-refractivity contribution >= 4 is 5.78 Å². The van der Waals surface area contributed by atoms with E-state index in [0.717, 1.165) is 0 Å². The number of rotatable bonds is 2. The van der Waals surface area contributed by atoms with Gasteiger partial charge in [-0.3, -0.25) is 10.1 Å². The van der Waals surface area contributed by atoms with Gasteiger partial charge in [-0.1, -0.05) is 13.8 Å². The standard InChI is InChI=1S/C13H18O5/c1-6-8(3)17-4-9-11(6)7(2)12(14)10(5-18-16)13(9)15/h4,6-8,11,15-16H,5H2,1-3H3. The molecule has 0 saturated heterocycles. The molecule has 0 saturated carbocycles. The minimum Gasteiger partial charge on any atom is -0.507 e. The highest BCUT2D eigenvalue weighted by Gasteiger charge is 2.44. The molecule has 0 aromatic rings. The lowest BCUT2D eigenvalue weighted by molar-refractivity contribution is -0.234. The summed E-state index contributed by atoms with van der Waals surface area (Å²) in [7, 11) is 0. The largest absolute Gasteiger partial charge is 0.507 e. The number of aliphatic hydroxyl groups excluding tert-OH is 1. The van der Waals surface area contributed by atoms with E-state index in [1.165, 1.54) is 6.26 Å². The molecule has 0 amide bonds. The molecule has 2 rings (SSSR count). The Bertz CT molecular complexity index is 423. The van der Waals surface area contributed by atoms with Crippen LogP contribution in [-0.2, 0) is 14.4 Å². The summed E-state index contributed by atoms with van der Waals surface area (Å²) in [6.45, 7) is 5.48. The van der Waals surface area contributed by atoms with Crippen molar-refractivity contribution < 1.29 is 24.8 Å². The predicted octanol–water partition coefficient (Wildman–Crippen LogP) is 2.06. The van der Waals surface area contributed by atoms with E-state index in [4.69, 9.17) is 9.99 Å². The lowest BCUT2D eigenvalue weighted by Gasteiger charge is -2.40. The molecule has 1 aliphatic heterocycles. The highest BCUT2D eigenvalue weighted by atomic mass is 17.1. The second kappa shape index (κ2) is 4.74. The van der Waals surface area contributed by atoms with Gasteiger partial charge in [0.05, 0.1) is 17.9 Å². The molecule has 0 fully saturated rings. The quantitative estimate of drug-likeness (QED) is 0.582. The molecule has 0 aromatic carbocycles. The van der Waals surface area contributed by atoms with Crippen LogP contribution in [0.3, 0.4) is 0 Å². The van der Waals surface area contributed by atoms with Crippen LogP contribution in [0.25, 0.3) is 0 Å². The van der Waals surface area contributed by atoms with Crippen LogP contribution in [-0.4, -0.2) is 28.9 Å². The second-order valence-electron chi connectivity index (χ2n) is 5.05. The first-order valence-corrected chi connectivity index (χ1v) is 6.07. The van der Waals surface area contributed by atoms with Crippen LogP contribution < -0.4 is 0 Å². The van der Waals surface area contributed by atoms with Crippen molar-refractivity contribution in [1.82, 2.24) is 0 Å². The van der Waals surface area contributed by atoms with Crippen LogP contribution in [0.5, 0.6) is 0 Å². The van der Waals surface area contributed by atoms with Gasteiger partial charge in [0.1, 0.15) is 12.4 Å². The Morgan fingerprint density at radius 1 is 1.39 bits per heavy atom. The van der Waals surface area contributed by atoms with Gasteiger partial charge in [0.2, 0.25) is 0 Å². The molecule has 2 N–H and O–H groups in total. The zero-order valence-corrected chi connectivity index (χ0v) is 10.7. The molecule has 2 aliphatic rings. The third-order valence-electron chi connectivity index (χ3n) is 4.09. The molecule has 5 heteroatoms. The van der Waals surface area contributed by atoms with Gasteiger partial charge in [-0.25, -0.2) is 4.89 Å². The summed E-state index contributed by atoms with van der Waals surface area (Å²) in [5.74, 6) is -0.453. The monoisotopic (exact) mass is 254 g/mol. The maximum absolute atomic E-state index is 12.2. The zero-order valence-electron chi connectivity index (χ0n) is 10.7. The number of ketones is 1. The molecule has 18 heavy (non-hydrogen) atoms. The summed E-state index contributed by atoms with van der Waals surface area (Å²) >= 11 is 0. The van der Waals surface area contributed by atoms with E-state index in [0.29, 0.717) is 5.57 Å². The fourth-order valence-corrected chi connectivity index (χ4v) is 2.83. The average molecular weight is 254 g/mol. The number of ether oxygens (including phenoxy) is 1. The molecule has 1 heterocycles. The molecule has 0 bridgehead atoms. The SMILES string of the molecule is CC1OC=C2C(O)=C(COO)C(=O)C(C)C2C1C. The second-order valence-corrected chi connectivity index (χ2v) is 5.05. The highest BCUT2D eigenvalue weighted by molar-refractivity contribution is 6.00. The first kappa shape index (κ1) is 13.1. The summed E-state index contributed by atoms with van der Waals surface area (Å²) < 4.78 is 5.47. The van der Waals surface area contributed by atoms with E-state index in [9.17, 15) is 9.90 Å². The van der Waals surface area contributed by atoms with Crippen molar-refractivity contribution in [2.24, 2.45) is 17.8 Å². The Morgan fingerprint density at radius 3 is 2.67 bits per heavy atom. The highest BCUT2D eigenvalue weighted by Crippen LogP contribution is 2.43. The van der Waals surface area contributed by atoms with E-state index in [-0.39, 0.29) is 47.6 Å². The van der Waals surface area contributed by atoms with Gasteiger partial charge in [0, 0.05) is 23.3 Å². The van der Waals surface area contributed by atoms with Crippen molar-refractivity contribution in [3.8, 4) is 0 Å². The van der Waals surface area contributed by atoms with Crippen molar-refractivity contribution in [1.29, 1.82) is 0 Å². The van der Waals surface area contributed by atoms with Gasteiger partial charge in [-0.05, 0) is 6.92 Å². The summed E-state index contributed by atoms with van der Waals surface area (Å²) in [6, 6.07) is 0. The number of aliphatic hydroxyl groups is 1. The smallest absolute Gasteiger partial charge is 0.168 e. The lowest BCUT2D eigenvalue weighted by Crippen LogP contribution is -2.41. The van der Waals surface area contributed by atoms with E-state index in [1.54, 1.807) is 0 Å². The number of carbonyl (C=O) groups excluding carboxylic acids is 1. The van der Waals surface area contributed by atoms with Crippen LogP contribution in [0, 0.1) is 17.8 Å². The number of hydrogen-bond acceptors (Lipinski definition) is 5. The maximum atomic E-state index is 12.2. The van der Waals surface area contributed by atoms with Crippen LogP contribution in [0.2, 0.25) is 0 Å². The normalized spacial score (nSPS) is 36.0. The summed E-state index contributed by atoms with van der Waals surface area (Å²) in [5.41, 5.74) is 0.734. The molecule has 4 atom stereocenters. The maximum Gasteiger partial charge on any atom is 0.168 e. The average Bonchev–Trinajstić information content (AvgIpc) is 2.35. The Morgan fingerprint density at radius 2 is 2.06 bits per heavy atom. The van der Waals surface area contributed by atoms with Crippen LogP contribution in [0.15, 0.2) is 23.2 Å². The third-order valence-corrected chi connectivity index (χ3v) is 4.09. The van der Waals surface area contributed by atoms with Crippen molar-refractivity contribution in [2.75, 3.05) is 6.61 Å². The van der Waals surface area contributed by atoms with Gasteiger partial charge >= 0.3 is 0 Å². The Labute approximate surface area is 106 Å². The number of carbonyl (C=O) groups is 1. The number of hydrogen-bond donors (Lipinski definition) is 2. The summed E-state index contributed by atoms with van der Waals surface area (Å²) in [6.07, 6.45) is 1.53. The van der Waals surface area contributed by atoms with Crippen LogP contribution >= 0.6 is 0 Å². The number of allylic oxidation sites excluding steroid dienone is 1. The lowest BCUT2D eigenvalue weighted by atomic mass is 9.68. The van der Waals surface area contributed by atoms with Gasteiger partial charge in [0.15, 0.2) is 5.78 Å². The van der Waals surface area contributed by atoms with E-state index in [1.807, 2.05) is 20.8 Å². The molecule has 1 aliphatic carbocycles. The van der Waals surface area contributed by atoms with Crippen molar-refractivity contribution in [3.63, 3.8) is 0 Å². The van der Waals surface area contributed by atoms with Gasteiger partial charge in [-0.2, -0.15) is 0 Å². The molecule has 5 nitrogen and oxygen atoms in total. The molecule has 0 aromatic heterocycles. The molecule has 0 radical (unpaired) electrons. The topological polar surface area (TPSA) is 76.0 Å². The van der Waals surface area contributed by atoms with Crippen molar-refractivity contribution in [2.45, 2.75) is 26.9 Å². The molecule has 0 spiro atoms. The van der Waals surface area contributed by atoms with Gasteiger partial charge < -0.3 is 9.84 Å². The third kappa shape index (κ3) is 1.83. The van der Waals surface area contributed by atoms with E-state index >= 15 is 0 Å². The molecular weight excluding hydrogens is 236 g/mol. The Hall–Kier alpha value is -1.33. The van der Waals surface area contributed by atoms with E-state index in [2.05, 4.69) is 4.89 Å². The summed E-state index contributed by atoms with van der Waals surface area (Å²) in [5, 5.41) is 18.6. The number of fused-ring (bicyclic) bond motifs is 1. The van der Waals surface area contributed by atoms with Crippen LogP contribution in [0.1, 0.15) is 20.8 Å². The minimum atomic E-state index is -0.303. The molecule has 100 valence electrons. The fourth-order valence-electron chi connectivity index (χ4n) is 2.83. The zero-order chi connectivity index (χ0) is 13.4. The number of Topliss-reactive ketones (excluding diaryl/α,β-unsaturated/α-hetero) is 1. The summed E-state index contributed by atoms with van der Waals surface area (Å²) in [4.78, 5) is 16.1. The van der Waals surface area contributed by atoms with Crippen molar-refractivity contribution in [3.05, 3.63) is 23.2 Å². The van der Waals surface area contributed by atoms with Gasteiger partial charge in [-0.15, -0.1) is 0 Å². The minimum absolute atomic E-state index is 0.0115. The molecular formula is C13H18O5. The van der Waals surface area contributed by atoms with E-state index < -0.39 is 0 Å².